The molecule has 1 aromatic heterocycles. The topological polar surface area (TPSA) is 16.4 Å². The molecule has 4 heteroatoms. The second-order valence-electron chi connectivity index (χ2n) is 7.32. The predicted octanol–water partition coefficient (Wildman–Crippen LogP) is 4.46. The lowest BCUT2D eigenvalue weighted by atomic mass is 10.0. The summed E-state index contributed by atoms with van der Waals surface area (Å²) in [7, 11) is 0. The summed E-state index contributed by atoms with van der Waals surface area (Å²) >= 11 is 1.91. The smallest absolute Gasteiger partial charge is 0.264 e. The molecule has 0 atom stereocenters. The van der Waals surface area contributed by atoms with Gasteiger partial charge in [-0.1, -0.05) is 49.2 Å². The van der Waals surface area contributed by atoms with Crippen LogP contribution in [0.1, 0.15) is 43.5 Å². The number of thiazole rings is 1. The Balaban J connectivity index is 1.49. The second-order valence-corrected chi connectivity index (χ2v) is 8.38. The lowest BCUT2D eigenvalue weighted by Gasteiger charge is -2.24. The molecule has 1 aromatic carbocycles. The summed E-state index contributed by atoms with van der Waals surface area (Å²) in [6.07, 6.45) is 13.1. The number of morpholine rings is 1. The van der Waals surface area contributed by atoms with Crippen molar-refractivity contribution < 1.29 is 9.30 Å². The van der Waals surface area contributed by atoms with Gasteiger partial charge in [-0.15, -0.1) is 0 Å². The molecule has 3 nitrogen and oxygen atoms in total. The molecular formula is C21H29N2OS+. The number of hydrogen-bond acceptors (Lipinski definition) is 3. The number of ether oxygens (including phenoxy) is 1. The number of aryl methyl sites for hydroxylation is 1. The number of para-hydroxylation sites is 1. The molecular weight excluding hydrogens is 328 g/mol. The molecule has 1 aliphatic heterocycles. The van der Waals surface area contributed by atoms with Crippen LogP contribution in [0, 0.1) is 5.92 Å². The molecule has 0 bridgehead atoms. The van der Waals surface area contributed by atoms with Crippen molar-refractivity contribution in [3.05, 3.63) is 35.5 Å². The van der Waals surface area contributed by atoms with E-state index >= 15 is 0 Å². The molecule has 134 valence electrons. The Bertz CT molecular complexity index is 712. The maximum atomic E-state index is 5.45. The Labute approximate surface area is 154 Å². The SMILES string of the molecule is C(=C\N1CCOCC1)/c1sc2ccccc2[n+]1CCCC1CCCC1. The normalized spacial score (nSPS) is 19.4. The fraction of sp³-hybridized carbons (Fsp3) is 0.571. The first-order valence-corrected chi connectivity index (χ1v) is 10.6. The lowest BCUT2D eigenvalue weighted by Crippen LogP contribution is -2.36. The van der Waals surface area contributed by atoms with Crippen molar-refractivity contribution in [2.75, 3.05) is 26.3 Å². The molecule has 0 radical (unpaired) electrons. The van der Waals surface area contributed by atoms with E-state index in [-0.39, 0.29) is 0 Å². The van der Waals surface area contributed by atoms with Crippen molar-refractivity contribution in [3.8, 4) is 0 Å². The average Bonchev–Trinajstić information content (AvgIpc) is 3.29. The van der Waals surface area contributed by atoms with Crippen LogP contribution in [0.4, 0.5) is 0 Å². The minimum absolute atomic E-state index is 0.845. The van der Waals surface area contributed by atoms with Gasteiger partial charge in [0.25, 0.3) is 5.01 Å². The summed E-state index contributed by atoms with van der Waals surface area (Å²) < 4.78 is 9.37. The molecule has 0 unspecified atom stereocenters. The summed E-state index contributed by atoms with van der Waals surface area (Å²) in [4.78, 5) is 2.37. The Morgan fingerprint density at radius 1 is 1.16 bits per heavy atom. The standard InChI is InChI=1S/C21H29N2OS/c1-2-7-18(6-1)8-5-12-23-19-9-3-4-10-20(19)25-21(23)11-13-22-14-16-24-17-15-22/h3-4,9-11,13,18H,1-2,5-8,12,14-17H2/q+1. The van der Waals surface area contributed by atoms with Gasteiger partial charge in [0, 0.05) is 37.9 Å². The molecule has 2 fully saturated rings. The minimum Gasteiger partial charge on any atom is -0.378 e. The summed E-state index contributed by atoms with van der Waals surface area (Å²) in [6.45, 7) is 4.84. The largest absolute Gasteiger partial charge is 0.378 e. The molecule has 4 rings (SSSR count). The molecule has 1 saturated carbocycles. The third-order valence-corrected chi connectivity index (χ3v) is 6.71. The number of rotatable bonds is 6. The Morgan fingerprint density at radius 3 is 2.80 bits per heavy atom. The fourth-order valence-corrected chi connectivity index (χ4v) is 5.22. The molecule has 2 aliphatic rings. The van der Waals surface area contributed by atoms with E-state index < -0.39 is 0 Å². The summed E-state index contributed by atoms with van der Waals surface area (Å²) in [5.41, 5.74) is 1.39. The van der Waals surface area contributed by atoms with Gasteiger partial charge in [0.1, 0.15) is 4.70 Å². The van der Waals surface area contributed by atoms with Gasteiger partial charge in [-0.25, -0.2) is 0 Å². The zero-order valence-corrected chi connectivity index (χ0v) is 15.8. The molecule has 0 N–H and O–H groups in total. The first-order chi connectivity index (χ1) is 12.4. The van der Waals surface area contributed by atoms with Crippen molar-refractivity contribution in [1.29, 1.82) is 0 Å². The van der Waals surface area contributed by atoms with Gasteiger partial charge in [-0.2, -0.15) is 4.57 Å². The van der Waals surface area contributed by atoms with E-state index in [1.54, 1.807) is 0 Å². The maximum absolute atomic E-state index is 5.45. The van der Waals surface area contributed by atoms with Crippen LogP contribution >= 0.6 is 11.3 Å². The van der Waals surface area contributed by atoms with E-state index in [1.165, 1.54) is 53.7 Å². The highest BCUT2D eigenvalue weighted by Gasteiger charge is 2.20. The van der Waals surface area contributed by atoms with Crippen molar-refractivity contribution in [2.45, 2.75) is 45.1 Å². The van der Waals surface area contributed by atoms with E-state index in [2.05, 4.69) is 46.0 Å². The molecule has 0 spiro atoms. The van der Waals surface area contributed by atoms with Crippen LogP contribution in [0.3, 0.4) is 0 Å². The van der Waals surface area contributed by atoms with E-state index in [4.69, 9.17) is 4.74 Å². The Hall–Kier alpha value is -1.39. The third kappa shape index (κ3) is 4.24. The quantitative estimate of drug-likeness (QED) is 0.710. The van der Waals surface area contributed by atoms with Gasteiger partial charge < -0.3 is 9.64 Å². The van der Waals surface area contributed by atoms with Crippen molar-refractivity contribution in [2.24, 2.45) is 5.92 Å². The lowest BCUT2D eigenvalue weighted by molar-refractivity contribution is -0.669. The molecule has 0 amide bonds. The van der Waals surface area contributed by atoms with Gasteiger partial charge in [0.15, 0.2) is 6.54 Å². The average molecular weight is 358 g/mol. The van der Waals surface area contributed by atoms with E-state index in [1.807, 2.05) is 11.3 Å². The molecule has 2 heterocycles. The first-order valence-electron chi connectivity index (χ1n) is 9.81. The Kier molecular flexibility index (Phi) is 5.68. The van der Waals surface area contributed by atoms with Crippen molar-refractivity contribution >= 4 is 27.6 Å². The van der Waals surface area contributed by atoms with Crippen molar-refractivity contribution in [1.82, 2.24) is 4.90 Å². The van der Waals surface area contributed by atoms with Gasteiger partial charge in [0.05, 0.1) is 13.2 Å². The number of benzene rings is 1. The van der Waals surface area contributed by atoms with Gasteiger partial charge in [-0.3, -0.25) is 0 Å². The zero-order chi connectivity index (χ0) is 16.9. The van der Waals surface area contributed by atoms with Crippen LogP contribution in [-0.4, -0.2) is 31.2 Å². The molecule has 25 heavy (non-hydrogen) atoms. The Morgan fingerprint density at radius 2 is 1.96 bits per heavy atom. The number of aromatic nitrogens is 1. The highest BCUT2D eigenvalue weighted by atomic mass is 32.1. The van der Waals surface area contributed by atoms with Crippen LogP contribution in [0.25, 0.3) is 16.3 Å². The van der Waals surface area contributed by atoms with Gasteiger partial charge in [0.2, 0.25) is 5.52 Å². The van der Waals surface area contributed by atoms with E-state index in [0.717, 1.165) is 38.8 Å². The predicted molar refractivity (Wildman–Crippen MR) is 105 cm³/mol. The van der Waals surface area contributed by atoms with Crippen LogP contribution in [0.2, 0.25) is 0 Å². The third-order valence-electron chi connectivity index (χ3n) is 5.58. The highest BCUT2D eigenvalue weighted by molar-refractivity contribution is 7.18. The van der Waals surface area contributed by atoms with Gasteiger partial charge >= 0.3 is 0 Å². The molecule has 2 aromatic rings. The summed E-state index contributed by atoms with van der Waals surface area (Å²) in [6, 6.07) is 8.84. The maximum Gasteiger partial charge on any atom is 0.264 e. The van der Waals surface area contributed by atoms with Gasteiger partial charge in [-0.05, 0) is 18.4 Å². The second kappa shape index (κ2) is 8.33. The van der Waals surface area contributed by atoms with E-state index in [9.17, 15) is 0 Å². The van der Waals surface area contributed by atoms with Crippen LogP contribution in [0.5, 0.6) is 0 Å². The summed E-state index contributed by atoms with van der Waals surface area (Å²) in [5, 5.41) is 1.37. The van der Waals surface area contributed by atoms with Crippen LogP contribution < -0.4 is 4.57 Å². The van der Waals surface area contributed by atoms with Crippen LogP contribution in [-0.2, 0) is 11.3 Å². The molecule has 1 aliphatic carbocycles. The van der Waals surface area contributed by atoms with E-state index in [0.29, 0.717) is 0 Å². The minimum atomic E-state index is 0.845. The number of fused-ring (bicyclic) bond motifs is 1. The zero-order valence-electron chi connectivity index (χ0n) is 15.0. The first kappa shape index (κ1) is 17.0. The highest BCUT2D eigenvalue weighted by Crippen LogP contribution is 2.29. The molecule has 1 saturated heterocycles. The number of hydrogen-bond donors (Lipinski definition) is 0. The van der Waals surface area contributed by atoms with Crippen LogP contribution in [0.15, 0.2) is 30.5 Å². The number of nitrogens with zero attached hydrogens (tertiary/aromatic N) is 2. The monoisotopic (exact) mass is 357 g/mol. The fourth-order valence-electron chi connectivity index (χ4n) is 4.14. The summed E-state index contributed by atoms with van der Waals surface area (Å²) in [5.74, 6) is 0.984. The van der Waals surface area contributed by atoms with Crippen molar-refractivity contribution in [3.63, 3.8) is 0 Å².